The summed E-state index contributed by atoms with van der Waals surface area (Å²) in [5.74, 6) is 0.735. The van der Waals surface area contributed by atoms with Crippen LogP contribution in [0.15, 0.2) is 0 Å². The van der Waals surface area contributed by atoms with Crippen molar-refractivity contribution in [2.24, 2.45) is 5.92 Å². The van der Waals surface area contributed by atoms with E-state index in [0.29, 0.717) is 19.4 Å². The van der Waals surface area contributed by atoms with E-state index in [1.54, 1.807) is 0 Å². The van der Waals surface area contributed by atoms with Crippen LogP contribution < -0.4 is 5.32 Å². The average Bonchev–Trinajstić information content (AvgIpc) is 2.77. The van der Waals surface area contributed by atoms with E-state index in [1.807, 2.05) is 27.7 Å². The van der Waals surface area contributed by atoms with Gasteiger partial charge in [0.15, 0.2) is 0 Å². The third-order valence-electron chi connectivity index (χ3n) is 4.04. The van der Waals surface area contributed by atoms with E-state index in [-0.39, 0.29) is 41.4 Å². The number of thioether (sulfide) groups is 1. The van der Waals surface area contributed by atoms with Gasteiger partial charge in [0.05, 0.1) is 5.25 Å². The molecule has 0 aromatic rings. The van der Waals surface area contributed by atoms with Crippen LogP contribution in [-0.2, 0) is 14.4 Å². The van der Waals surface area contributed by atoms with Crippen LogP contribution in [0.5, 0.6) is 0 Å². The fourth-order valence-corrected chi connectivity index (χ4v) is 3.71. The minimum Gasteiger partial charge on any atom is -0.354 e. The molecule has 0 spiro atoms. The molecule has 1 heterocycles. The summed E-state index contributed by atoms with van der Waals surface area (Å²) in [6.45, 7) is 8.13. The Hall–Kier alpha value is -1.37. The van der Waals surface area contributed by atoms with Crippen molar-refractivity contribution in [3.8, 4) is 0 Å². The van der Waals surface area contributed by atoms with Crippen LogP contribution in [0.3, 0.4) is 0 Å². The quantitative estimate of drug-likeness (QED) is 0.333. The molecule has 0 saturated carbocycles. The van der Waals surface area contributed by atoms with Crippen molar-refractivity contribution in [3.05, 3.63) is 0 Å². The van der Waals surface area contributed by atoms with Gasteiger partial charge in [0, 0.05) is 31.1 Å². The molecular formula is C18H31N3O3S. The van der Waals surface area contributed by atoms with Gasteiger partial charge < -0.3 is 10.7 Å². The Balaban J connectivity index is 2.30. The summed E-state index contributed by atoms with van der Waals surface area (Å²) in [5.41, 5.74) is 0.732. The Morgan fingerprint density at radius 3 is 2.52 bits per heavy atom. The number of carbonyl (C=O) groups excluding carboxylic acids is 3. The van der Waals surface area contributed by atoms with E-state index in [4.69, 9.17) is 5.41 Å². The standard InChI is InChI=1S/C18H31N3O3S/c1-12(2)14(19)7-6-10-25-15-11-17(23)21(18(15)24)9-5-8-16(22)20-13(3)4/h12-13,15,19H,5-11H2,1-4H3,(H,20,22). The maximum atomic E-state index is 12.3. The molecule has 6 nitrogen and oxygen atoms in total. The van der Waals surface area contributed by atoms with Gasteiger partial charge in [-0.3, -0.25) is 19.3 Å². The monoisotopic (exact) mass is 369 g/mol. The van der Waals surface area contributed by atoms with E-state index in [9.17, 15) is 14.4 Å². The van der Waals surface area contributed by atoms with Crippen molar-refractivity contribution in [3.63, 3.8) is 0 Å². The SMILES string of the molecule is CC(C)NC(=O)CCCN1C(=O)CC(SCCCC(=N)C(C)C)C1=O. The number of nitrogens with one attached hydrogen (secondary N) is 2. The van der Waals surface area contributed by atoms with E-state index in [2.05, 4.69) is 5.32 Å². The van der Waals surface area contributed by atoms with Crippen LogP contribution >= 0.6 is 11.8 Å². The molecule has 1 fully saturated rings. The minimum atomic E-state index is -0.301. The molecule has 1 rings (SSSR count). The highest BCUT2D eigenvalue weighted by molar-refractivity contribution is 8.00. The number of likely N-dealkylation sites (tertiary alicyclic amines) is 1. The Morgan fingerprint density at radius 1 is 1.24 bits per heavy atom. The Kier molecular flexibility index (Phi) is 9.17. The van der Waals surface area contributed by atoms with Crippen molar-refractivity contribution < 1.29 is 14.4 Å². The first-order chi connectivity index (χ1) is 11.7. The summed E-state index contributed by atoms with van der Waals surface area (Å²) >= 11 is 1.51. The fourth-order valence-electron chi connectivity index (χ4n) is 2.59. The molecular weight excluding hydrogens is 338 g/mol. The number of hydrogen-bond donors (Lipinski definition) is 2. The molecule has 2 N–H and O–H groups in total. The highest BCUT2D eigenvalue weighted by Crippen LogP contribution is 2.26. The molecule has 0 aliphatic carbocycles. The summed E-state index contributed by atoms with van der Waals surface area (Å²) in [6.07, 6.45) is 2.68. The van der Waals surface area contributed by atoms with Gasteiger partial charge in [0.2, 0.25) is 17.7 Å². The maximum absolute atomic E-state index is 12.3. The second-order valence-electron chi connectivity index (χ2n) is 7.06. The maximum Gasteiger partial charge on any atom is 0.242 e. The van der Waals surface area contributed by atoms with Gasteiger partial charge in [-0.2, -0.15) is 0 Å². The second-order valence-corrected chi connectivity index (χ2v) is 8.37. The molecule has 0 aromatic carbocycles. The van der Waals surface area contributed by atoms with Gasteiger partial charge in [-0.15, -0.1) is 11.8 Å². The Labute approximate surface area is 155 Å². The zero-order chi connectivity index (χ0) is 19.0. The Morgan fingerprint density at radius 2 is 1.92 bits per heavy atom. The molecule has 142 valence electrons. The lowest BCUT2D eigenvalue weighted by molar-refractivity contribution is -0.138. The predicted octanol–water partition coefficient (Wildman–Crippen LogP) is 2.61. The van der Waals surface area contributed by atoms with Crippen molar-refractivity contribution >= 4 is 35.2 Å². The van der Waals surface area contributed by atoms with Gasteiger partial charge in [-0.25, -0.2) is 0 Å². The fraction of sp³-hybridized carbons (Fsp3) is 0.778. The summed E-state index contributed by atoms with van der Waals surface area (Å²) in [6, 6.07) is 0.0977. The number of hydrogen-bond acceptors (Lipinski definition) is 5. The van der Waals surface area contributed by atoms with Crippen LogP contribution in [0, 0.1) is 11.3 Å². The lowest BCUT2D eigenvalue weighted by atomic mass is 10.0. The van der Waals surface area contributed by atoms with Crippen molar-refractivity contribution in [1.82, 2.24) is 10.2 Å². The van der Waals surface area contributed by atoms with E-state index >= 15 is 0 Å². The zero-order valence-corrected chi connectivity index (χ0v) is 16.6. The number of nitrogens with zero attached hydrogens (tertiary/aromatic N) is 1. The molecule has 1 atom stereocenters. The summed E-state index contributed by atoms with van der Waals surface area (Å²) in [5, 5.41) is 10.3. The number of rotatable bonds is 11. The van der Waals surface area contributed by atoms with E-state index < -0.39 is 0 Å². The van der Waals surface area contributed by atoms with E-state index in [0.717, 1.165) is 24.3 Å². The van der Waals surface area contributed by atoms with Crippen LogP contribution in [0.25, 0.3) is 0 Å². The first-order valence-corrected chi connectivity index (χ1v) is 10.1. The van der Waals surface area contributed by atoms with Crippen LogP contribution in [0.4, 0.5) is 0 Å². The minimum absolute atomic E-state index is 0.0485. The highest BCUT2D eigenvalue weighted by Gasteiger charge is 2.38. The van der Waals surface area contributed by atoms with Crippen LogP contribution in [0.2, 0.25) is 0 Å². The summed E-state index contributed by atoms with van der Waals surface area (Å²) in [4.78, 5) is 37.3. The lowest BCUT2D eigenvalue weighted by Gasteiger charge is -2.15. The van der Waals surface area contributed by atoms with Gasteiger partial charge in [0.1, 0.15) is 0 Å². The van der Waals surface area contributed by atoms with Gasteiger partial charge in [-0.1, -0.05) is 13.8 Å². The van der Waals surface area contributed by atoms with Crippen molar-refractivity contribution in [2.75, 3.05) is 12.3 Å². The molecule has 25 heavy (non-hydrogen) atoms. The molecule has 1 aliphatic heterocycles. The Bertz CT molecular complexity index is 506. The molecule has 0 radical (unpaired) electrons. The van der Waals surface area contributed by atoms with Crippen LogP contribution in [-0.4, -0.2) is 51.9 Å². The van der Waals surface area contributed by atoms with Gasteiger partial charge in [-0.05, 0) is 44.8 Å². The molecule has 1 unspecified atom stereocenters. The van der Waals surface area contributed by atoms with Gasteiger partial charge in [0.25, 0.3) is 0 Å². The third-order valence-corrected chi connectivity index (χ3v) is 5.34. The molecule has 1 aliphatic rings. The van der Waals surface area contributed by atoms with Gasteiger partial charge >= 0.3 is 0 Å². The predicted molar refractivity (Wildman–Crippen MR) is 102 cm³/mol. The smallest absolute Gasteiger partial charge is 0.242 e. The topological polar surface area (TPSA) is 90.3 Å². The molecule has 0 bridgehead atoms. The van der Waals surface area contributed by atoms with Crippen molar-refractivity contribution in [2.45, 2.75) is 71.1 Å². The normalized spacial score (nSPS) is 17.7. The molecule has 3 amide bonds. The molecule has 7 heteroatoms. The molecule has 0 aromatic heterocycles. The highest BCUT2D eigenvalue weighted by atomic mass is 32.2. The summed E-state index contributed by atoms with van der Waals surface area (Å²) < 4.78 is 0. The summed E-state index contributed by atoms with van der Waals surface area (Å²) in [7, 11) is 0. The largest absolute Gasteiger partial charge is 0.354 e. The first kappa shape index (κ1) is 21.7. The first-order valence-electron chi connectivity index (χ1n) is 9.04. The molecule has 1 saturated heterocycles. The lowest BCUT2D eigenvalue weighted by Crippen LogP contribution is -2.34. The zero-order valence-electron chi connectivity index (χ0n) is 15.8. The number of carbonyl (C=O) groups is 3. The third kappa shape index (κ3) is 7.59. The second kappa shape index (κ2) is 10.6. The average molecular weight is 370 g/mol. The van der Waals surface area contributed by atoms with E-state index in [1.165, 1.54) is 16.7 Å². The number of amides is 3. The number of imide groups is 1. The van der Waals surface area contributed by atoms with Crippen molar-refractivity contribution in [1.29, 1.82) is 5.41 Å². The van der Waals surface area contributed by atoms with Crippen LogP contribution in [0.1, 0.15) is 59.8 Å².